The fourth-order valence-corrected chi connectivity index (χ4v) is 4.10. The van der Waals surface area contributed by atoms with Gasteiger partial charge in [0.25, 0.3) is 15.7 Å². The summed E-state index contributed by atoms with van der Waals surface area (Å²) in [5, 5.41) is 10.8. The van der Waals surface area contributed by atoms with Gasteiger partial charge < -0.3 is 0 Å². The maximum Gasteiger partial charge on any atom is 0.270 e. The molecule has 2 aromatic rings. The molecule has 2 rings (SSSR count). The summed E-state index contributed by atoms with van der Waals surface area (Å²) in [4.78, 5) is 26.7. The molecule has 8 nitrogen and oxygen atoms in total. The molecule has 0 spiro atoms. The van der Waals surface area contributed by atoms with Crippen LogP contribution in [0.3, 0.4) is 0 Å². The van der Waals surface area contributed by atoms with Gasteiger partial charge in [-0.25, -0.2) is 18.1 Å². The highest BCUT2D eigenvalue weighted by Gasteiger charge is 2.22. The van der Waals surface area contributed by atoms with Crippen molar-refractivity contribution in [3.63, 3.8) is 0 Å². The van der Waals surface area contributed by atoms with Crippen LogP contribution < -0.4 is 4.72 Å². The lowest BCUT2D eigenvalue weighted by atomic mass is 10.2. The smallest absolute Gasteiger partial charge is 0.270 e. The summed E-state index contributed by atoms with van der Waals surface area (Å²) in [6.07, 6.45) is 0.363. The van der Waals surface area contributed by atoms with E-state index in [4.69, 9.17) is 0 Å². The first kappa shape index (κ1) is 18.0. The van der Waals surface area contributed by atoms with E-state index in [0.29, 0.717) is 12.0 Å². The molecule has 0 aliphatic heterocycles. The summed E-state index contributed by atoms with van der Waals surface area (Å²) >= 11 is 1.40. The van der Waals surface area contributed by atoms with Crippen molar-refractivity contribution in [2.45, 2.75) is 31.6 Å². The van der Waals surface area contributed by atoms with Gasteiger partial charge in [0.2, 0.25) is 5.91 Å². The first-order valence-electron chi connectivity index (χ1n) is 6.90. The van der Waals surface area contributed by atoms with E-state index in [-0.39, 0.29) is 17.0 Å². The number of carbonyl (C=O) groups is 1. The molecule has 0 saturated carbocycles. The van der Waals surface area contributed by atoms with Gasteiger partial charge in [0.05, 0.1) is 21.0 Å². The number of hydrogen-bond acceptors (Lipinski definition) is 7. The van der Waals surface area contributed by atoms with Crippen LogP contribution in [0.1, 0.15) is 22.6 Å². The summed E-state index contributed by atoms with van der Waals surface area (Å²) in [5.41, 5.74) is 2.43. The third kappa shape index (κ3) is 4.15. The van der Waals surface area contributed by atoms with E-state index in [1.807, 2.05) is 11.6 Å². The number of benzene rings is 1. The summed E-state index contributed by atoms with van der Waals surface area (Å²) in [6, 6.07) is 3.48. The predicted octanol–water partition coefficient (Wildman–Crippen LogP) is 2.11. The molecule has 0 saturated heterocycles. The van der Waals surface area contributed by atoms with E-state index in [1.165, 1.54) is 30.4 Å². The fraction of sp³-hybridized carbons (Fsp3) is 0.286. The highest BCUT2D eigenvalue weighted by Crippen LogP contribution is 2.22. The van der Waals surface area contributed by atoms with Gasteiger partial charge >= 0.3 is 0 Å². The number of aromatic nitrogens is 1. The number of nitrogens with one attached hydrogen (secondary N) is 1. The zero-order chi connectivity index (χ0) is 17.9. The Labute approximate surface area is 142 Å². The Bertz CT molecular complexity index is 890. The monoisotopic (exact) mass is 369 g/mol. The molecule has 24 heavy (non-hydrogen) atoms. The number of non-ortho nitro benzene ring substituents is 1. The van der Waals surface area contributed by atoms with Crippen molar-refractivity contribution in [2.75, 3.05) is 0 Å². The molecule has 1 aromatic heterocycles. The van der Waals surface area contributed by atoms with Crippen LogP contribution >= 0.6 is 11.3 Å². The molecule has 0 atom stereocenters. The van der Waals surface area contributed by atoms with Crippen LogP contribution in [0.5, 0.6) is 0 Å². The molecule has 1 heterocycles. The summed E-state index contributed by atoms with van der Waals surface area (Å²) in [5.74, 6) is -0.672. The molecule has 0 aliphatic rings. The van der Waals surface area contributed by atoms with Gasteiger partial charge in [-0.3, -0.25) is 14.9 Å². The number of amides is 1. The van der Waals surface area contributed by atoms with E-state index in [9.17, 15) is 23.3 Å². The quantitative estimate of drug-likeness (QED) is 0.615. The minimum Gasteiger partial charge on any atom is -0.274 e. The lowest BCUT2D eigenvalue weighted by Gasteiger charge is -2.09. The Hall–Kier alpha value is -2.33. The molecule has 1 amide bonds. The Morgan fingerprint density at radius 2 is 2.08 bits per heavy atom. The van der Waals surface area contributed by atoms with E-state index in [1.54, 1.807) is 5.51 Å². The molecule has 0 radical (unpaired) electrons. The fourth-order valence-electron chi connectivity index (χ4n) is 2.04. The molecule has 0 fully saturated rings. The third-order valence-electron chi connectivity index (χ3n) is 3.34. The van der Waals surface area contributed by atoms with Gasteiger partial charge in [-0.05, 0) is 25.8 Å². The number of aryl methyl sites for hydroxylation is 3. The minimum absolute atomic E-state index is 0.0176. The standard InChI is InChI=1S/C14H15N3O5S2/c1-9-3-4-11(17(19)20)7-13(9)24(21,22)16-14(18)6-5-12-10(2)15-8-23-12/h3-4,7-8H,5-6H2,1-2H3,(H,16,18). The van der Waals surface area contributed by atoms with Gasteiger partial charge in [-0.15, -0.1) is 11.3 Å². The number of nitro benzene ring substituents is 1. The predicted molar refractivity (Wildman–Crippen MR) is 88.3 cm³/mol. The largest absolute Gasteiger partial charge is 0.274 e. The maximum absolute atomic E-state index is 12.3. The number of carbonyl (C=O) groups excluding carboxylic acids is 1. The maximum atomic E-state index is 12.3. The van der Waals surface area contributed by atoms with Crippen molar-refractivity contribution in [3.05, 3.63) is 50.0 Å². The lowest BCUT2D eigenvalue weighted by Crippen LogP contribution is -2.31. The number of rotatable bonds is 6. The van der Waals surface area contributed by atoms with Crippen LogP contribution in [-0.4, -0.2) is 24.2 Å². The lowest BCUT2D eigenvalue weighted by molar-refractivity contribution is -0.385. The number of hydrogen-bond donors (Lipinski definition) is 1. The number of thiazole rings is 1. The van der Waals surface area contributed by atoms with Crippen molar-refractivity contribution in [1.29, 1.82) is 0 Å². The average Bonchev–Trinajstić information content (AvgIpc) is 2.90. The Kier molecular flexibility index (Phi) is 5.30. The molecular weight excluding hydrogens is 354 g/mol. The average molecular weight is 369 g/mol. The van der Waals surface area contributed by atoms with Crippen molar-refractivity contribution >= 4 is 33.0 Å². The van der Waals surface area contributed by atoms with Crippen LogP contribution in [0.4, 0.5) is 5.69 Å². The highest BCUT2D eigenvalue weighted by atomic mass is 32.2. The van der Waals surface area contributed by atoms with E-state index in [0.717, 1.165) is 16.6 Å². The second kappa shape index (κ2) is 7.05. The van der Waals surface area contributed by atoms with Crippen LogP contribution in [0, 0.1) is 24.0 Å². The van der Waals surface area contributed by atoms with E-state index >= 15 is 0 Å². The Morgan fingerprint density at radius 1 is 1.38 bits per heavy atom. The molecule has 0 bridgehead atoms. The number of sulfonamides is 1. The Morgan fingerprint density at radius 3 is 2.67 bits per heavy atom. The van der Waals surface area contributed by atoms with Crippen molar-refractivity contribution in [1.82, 2.24) is 9.71 Å². The van der Waals surface area contributed by atoms with Crippen LogP contribution in [-0.2, 0) is 21.2 Å². The SMILES string of the molecule is Cc1ccc([N+](=O)[O-])cc1S(=O)(=O)NC(=O)CCc1scnc1C. The third-order valence-corrected chi connectivity index (χ3v) is 5.85. The minimum atomic E-state index is -4.16. The van der Waals surface area contributed by atoms with Crippen molar-refractivity contribution < 1.29 is 18.1 Å². The van der Waals surface area contributed by atoms with Gasteiger partial charge in [-0.1, -0.05) is 6.07 Å². The zero-order valence-corrected chi connectivity index (χ0v) is 14.6. The van der Waals surface area contributed by atoms with Gasteiger partial charge in [0.1, 0.15) is 0 Å². The molecule has 128 valence electrons. The first-order chi connectivity index (χ1) is 11.2. The zero-order valence-electron chi connectivity index (χ0n) is 13.0. The van der Waals surface area contributed by atoms with Crippen molar-refractivity contribution in [3.8, 4) is 0 Å². The summed E-state index contributed by atoms with van der Waals surface area (Å²) in [7, 11) is -4.16. The van der Waals surface area contributed by atoms with Gasteiger partial charge in [0, 0.05) is 23.4 Å². The molecule has 1 N–H and O–H groups in total. The molecule has 0 aliphatic carbocycles. The van der Waals surface area contributed by atoms with Crippen molar-refractivity contribution in [2.24, 2.45) is 0 Å². The molecule has 0 unspecified atom stereocenters. The summed E-state index contributed by atoms with van der Waals surface area (Å²) < 4.78 is 26.6. The Balaban J connectivity index is 2.13. The second-order valence-corrected chi connectivity index (χ2v) is 7.69. The second-order valence-electron chi connectivity index (χ2n) is 5.10. The van der Waals surface area contributed by atoms with Crippen LogP contribution in [0.25, 0.3) is 0 Å². The normalized spacial score (nSPS) is 11.2. The van der Waals surface area contributed by atoms with E-state index < -0.39 is 20.9 Å². The van der Waals surface area contributed by atoms with Crippen LogP contribution in [0.15, 0.2) is 28.6 Å². The highest BCUT2D eigenvalue weighted by molar-refractivity contribution is 7.90. The van der Waals surface area contributed by atoms with Gasteiger partial charge in [-0.2, -0.15) is 0 Å². The number of nitro groups is 1. The van der Waals surface area contributed by atoms with E-state index in [2.05, 4.69) is 4.98 Å². The summed E-state index contributed by atoms with van der Waals surface area (Å²) in [6.45, 7) is 3.32. The molecular formula is C14H15N3O5S2. The molecule has 1 aromatic carbocycles. The van der Waals surface area contributed by atoms with Gasteiger partial charge in [0.15, 0.2) is 0 Å². The van der Waals surface area contributed by atoms with Crippen LogP contribution in [0.2, 0.25) is 0 Å². The number of nitrogens with zero attached hydrogens (tertiary/aromatic N) is 2. The molecule has 10 heteroatoms. The topological polar surface area (TPSA) is 119 Å². The first-order valence-corrected chi connectivity index (χ1v) is 9.26.